The van der Waals surface area contributed by atoms with Gasteiger partial charge in [0.1, 0.15) is 0 Å². The van der Waals surface area contributed by atoms with Gasteiger partial charge in [0.25, 0.3) is 0 Å². The van der Waals surface area contributed by atoms with Gasteiger partial charge >= 0.3 is 5.69 Å². The summed E-state index contributed by atoms with van der Waals surface area (Å²) in [5.41, 5.74) is 2.57. The van der Waals surface area contributed by atoms with Crippen molar-refractivity contribution < 1.29 is 5.11 Å². The molecule has 0 radical (unpaired) electrons. The minimum Gasteiger partial charge on any atom is -0.392 e. The van der Waals surface area contributed by atoms with Crippen LogP contribution in [0, 0.1) is 6.92 Å². The SMILES string of the molecule is Cc1cccc2c1[nH]c(=O)n2CC(C)O. The molecular formula is C11H14N2O2. The molecule has 1 atom stereocenters. The van der Waals surface area contributed by atoms with Gasteiger partial charge < -0.3 is 10.1 Å². The Kier molecular flexibility index (Phi) is 2.36. The van der Waals surface area contributed by atoms with E-state index in [1.165, 1.54) is 0 Å². The molecular weight excluding hydrogens is 192 g/mol. The third-order valence-corrected chi connectivity index (χ3v) is 2.47. The van der Waals surface area contributed by atoms with Crippen molar-refractivity contribution in [2.75, 3.05) is 0 Å². The van der Waals surface area contributed by atoms with E-state index in [0.717, 1.165) is 16.6 Å². The van der Waals surface area contributed by atoms with Gasteiger partial charge in [0.05, 0.1) is 23.7 Å². The van der Waals surface area contributed by atoms with Crippen LogP contribution in [0.3, 0.4) is 0 Å². The van der Waals surface area contributed by atoms with E-state index in [1.54, 1.807) is 11.5 Å². The van der Waals surface area contributed by atoms with E-state index in [-0.39, 0.29) is 5.69 Å². The van der Waals surface area contributed by atoms with Crippen LogP contribution in [0.1, 0.15) is 12.5 Å². The number of rotatable bonds is 2. The molecule has 0 saturated carbocycles. The Hall–Kier alpha value is -1.55. The third kappa shape index (κ3) is 1.68. The van der Waals surface area contributed by atoms with Crippen molar-refractivity contribution in [3.05, 3.63) is 34.2 Å². The highest BCUT2D eigenvalue weighted by atomic mass is 16.3. The van der Waals surface area contributed by atoms with Gasteiger partial charge in [-0.1, -0.05) is 12.1 Å². The van der Waals surface area contributed by atoms with Crippen molar-refractivity contribution in [3.63, 3.8) is 0 Å². The number of aromatic nitrogens is 2. The van der Waals surface area contributed by atoms with Crippen LogP contribution in [0.2, 0.25) is 0 Å². The number of aliphatic hydroxyl groups is 1. The fourth-order valence-corrected chi connectivity index (χ4v) is 1.77. The zero-order valence-corrected chi connectivity index (χ0v) is 8.82. The first-order valence-corrected chi connectivity index (χ1v) is 4.96. The van der Waals surface area contributed by atoms with Crippen molar-refractivity contribution in [1.29, 1.82) is 0 Å². The number of fused-ring (bicyclic) bond motifs is 1. The molecule has 4 heteroatoms. The topological polar surface area (TPSA) is 58.0 Å². The average molecular weight is 206 g/mol. The Morgan fingerprint density at radius 1 is 1.53 bits per heavy atom. The Bertz CT molecular complexity index is 537. The summed E-state index contributed by atoms with van der Waals surface area (Å²) >= 11 is 0. The van der Waals surface area contributed by atoms with Gasteiger partial charge in [-0.2, -0.15) is 0 Å². The standard InChI is InChI=1S/C11H14N2O2/c1-7-4-3-5-9-10(7)12-11(15)13(9)6-8(2)14/h3-5,8,14H,6H2,1-2H3,(H,12,15). The van der Waals surface area contributed by atoms with Gasteiger partial charge in [-0.05, 0) is 25.5 Å². The Morgan fingerprint density at radius 3 is 2.93 bits per heavy atom. The van der Waals surface area contributed by atoms with Crippen molar-refractivity contribution in [2.24, 2.45) is 0 Å². The first-order valence-electron chi connectivity index (χ1n) is 4.96. The van der Waals surface area contributed by atoms with E-state index >= 15 is 0 Å². The molecule has 80 valence electrons. The number of H-pyrrole nitrogens is 1. The van der Waals surface area contributed by atoms with Gasteiger partial charge in [-0.25, -0.2) is 4.79 Å². The molecule has 4 nitrogen and oxygen atoms in total. The largest absolute Gasteiger partial charge is 0.392 e. The monoisotopic (exact) mass is 206 g/mol. The summed E-state index contributed by atoms with van der Waals surface area (Å²) in [5, 5.41) is 9.30. The number of aliphatic hydroxyl groups excluding tert-OH is 1. The number of benzene rings is 1. The van der Waals surface area contributed by atoms with Crippen molar-refractivity contribution in [3.8, 4) is 0 Å². The van der Waals surface area contributed by atoms with E-state index in [4.69, 9.17) is 0 Å². The summed E-state index contributed by atoms with van der Waals surface area (Å²) in [6.45, 7) is 3.94. The fourth-order valence-electron chi connectivity index (χ4n) is 1.77. The van der Waals surface area contributed by atoms with Crippen LogP contribution in [0.25, 0.3) is 11.0 Å². The average Bonchev–Trinajstić information content (AvgIpc) is 2.45. The summed E-state index contributed by atoms with van der Waals surface area (Å²) in [7, 11) is 0. The molecule has 1 heterocycles. The predicted molar refractivity (Wildman–Crippen MR) is 59.0 cm³/mol. The highest BCUT2D eigenvalue weighted by molar-refractivity contribution is 5.78. The lowest BCUT2D eigenvalue weighted by Gasteiger charge is -2.05. The summed E-state index contributed by atoms with van der Waals surface area (Å²) in [6.07, 6.45) is -0.526. The molecule has 0 amide bonds. The van der Waals surface area contributed by atoms with E-state index in [0.29, 0.717) is 6.54 Å². The molecule has 2 N–H and O–H groups in total. The van der Waals surface area contributed by atoms with Crippen molar-refractivity contribution in [2.45, 2.75) is 26.5 Å². The quantitative estimate of drug-likeness (QED) is 0.770. The smallest absolute Gasteiger partial charge is 0.326 e. The normalized spacial score (nSPS) is 13.3. The van der Waals surface area contributed by atoms with Crippen molar-refractivity contribution in [1.82, 2.24) is 9.55 Å². The van der Waals surface area contributed by atoms with E-state index in [1.807, 2.05) is 25.1 Å². The summed E-state index contributed by atoms with van der Waals surface area (Å²) in [6, 6.07) is 5.73. The van der Waals surface area contributed by atoms with E-state index < -0.39 is 6.10 Å². The van der Waals surface area contributed by atoms with Crippen LogP contribution in [-0.4, -0.2) is 20.8 Å². The lowest BCUT2D eigenvalue weighted by molar-refractivity contribution is 0.174. The van der Waals surface area contributed by atoms with Crippen LogP contribution in [0.5, 0.6) is 0 Å². The maximum Gasteiger partial charge on any atom is 0.326 e. The Labute approximate surface area is 87.2 Å². The van der Waals surface area contributed by atoms with Crippen LogP contribution in [0.15, 0.2) is 23.0 Å². The molecule has 1 aromatic heterocycles. The molecule has 2 aromatic rings. The van der Waals surface area contributed by atoms with Gasteiger partial charge in [0.15, 0.2) is 0 Å². The molecule has 1 unspecified atom stereocenters. The number of nitrogens with one attached hydrogen (secondary N) is 1. The van der Waals surface area contributed by atoms with Crippen LogP contribution in [0.4, 0.5) is 0 Å². The zero-order chi connectivity index (χ0) is 11.0. The number of aromatic amines is 1. The lowest BCUT2D eigenvalue weighted by atomic mass is 10.2. The van der Waals surface area contributed by atoms with Gasteiger partial charge in [0.2, 0.25) is 0 Å². The van der Waals surface area contributed by atoms with E-state index in [2.05, 4.69) is 4.98 Å². The van der Waals surface area contributed by atoms with Crippen LogP contribution in [-0.2, 0) is 6.54 Å². The number of aryl methyl sites for hydroxylation is 1. The predicted octanol–water partition coefficient (Wildman–Crippen LogP) is 1.02. The maximum absolute atomic E-state index is 11.6. The van der Waals surface area contributed by atoms with Gasteiger partial charge in [-0.3, -0.25) is 4.57 Å². The first-order chi connectivity index (χ1) is 7.09. The lowest BCUT2D eigenvalue weighted by Crippen LogP contribution is -2.22. The zero-order valence-electron chi connectivity index (χ0n) is 8.82. The summed E-state index contributed by atoms with van der Waals surface area (Å²) in [5.74, 6) is 0. The van der Waals surface area contributed by atoms with E-state index in [9.17, 15) is 9.90 Å². The Balaban J connectivity index is 2.69. The molecule has 15 heavy (non-hydrogen) atoms. The number of para-hydroxylation sites is 1. The summed E-state index contributed by atoms with van der Waals surface area (Å²) < 4.78 is 1.56. The minimum absolute atomic E-state index is 0.166. The molecule has 0 aliphatic carbocycles. The third-order valence-electron chi connectivity index (χ3n) is 2.47. The van der Waals surface area contributed by atoms with Crippen molar-refractivity contribution >= 4 is 11.0 Å². The molecule has 0 spiro atoms. The fraction of sp³-hybridized carbons (Fsp3) is 0.364. The second-order valence-electron chi connectivity index (χ2n) is 3.86. The molecule has 0 aliphatic heterocycles. The van der Waals surface area contributed by atoms with Crippen LogP contribution >= 0.6 is 0 Å². The van der Waals surface area contributed by atoms with Gasteiger partial charge in [-0.15, -0.1) is 0 Å². The molecule has 1 aromatic carbocycles. The second kappa shape index (κ2) is 3.55. The van der Waals surface area contributed by atoms with Gasteiger partial charge in [0, 0.05) is 0 Å². The molecule has 0 fully saturated rings. The number of hydrogen-bond donors (Lipinski definition) is 2. The second-order valence-corrected chi connectivity index (χ2v) is 3.86. The Morgan fingerprint density at radius 2 is 2.27 bits per heavy atom. The molecule has 0 bridgehead atoms. The molecule has 0 aliphatic rings. The number of nitrogens with zero attached hydrogens (tertiary/aromatic N) is 1. The highest BCUT2D eigenvalue weighted by Gasteiger charge is 2.09. The first kappa shape index (κ1) is 9.98. The number of hydrogen-bond acceptors (Lipinski definition) is 2. The molecule has 0 saturated heterocycles. The van der Waals surface area contributed by atoms with Crippen LogP contribution < -0.4 is 5.69 Å². The summed E-state index contributed by atoms with van der Waals surface area (Å²) in [4.78, 5) is 14.4. The molecule has 2 rings (SSSR count). The highest BCUT2D eigenvalue weighted by Crippen LogP contribution is 2.14. The number of imidazole rings is 1. The maximum atomic E-state index is 11.6. The minimum atomic E-state index is -0.526.